The van der Waals surface area contributed by atoms with Crippen molar-refractivity contribution < 1.29 is 0 Å². The number of anilines is 1. The molecule has 102 valence electrons. The number of benzene rings is 1. The molecule has 0 saturated heterocycles. The first kappa shape index (κ1) is 11.9. The van der Waals surface area contributed by atoms with Crippen molar-refractivity contribution in [2.75, 3.05) is 11.4 Å². The maximum atomic E-state index is 9.41. The smallest absolute Gasteiger partial charge is 0.152 e. The number of rotatable bonds is 1. The first-order valence-corrected chi connectivity index (χ1v) is 6.76. The Bertz CT molecular complexity index is 860. The maximum absolute atomic E-state index is 9.41. The zero-order valence-corrected chi connectivity index (χ0v) is 11.3. The van der Waals surface area contributed by atoms with Crippen LogP contribution in [0.2, 0.25) is 0 Å². The summed E-state index contributed by atoms with van der Waals surface area (Å²) in [6.07, 6.45) is 1.74. The van der Waals surface area contributed by atoms with E-state index in [2.05, 4.69) is 26.2 Å². The molecule has 1 aliphatic heterocycles. The van der Waals surface area contributed by atoms with Crippen LogP contribution >= 0.6 is 0 Å². The monoisotopic (exact) mass is 276 g/mol. The molecule has 4 rings (SSSR count). The first-order valence-electron chi connectivity index (χ1n) is 6.76. The Kier molecular flexibility index (Phi) is 2.57. The van der Waals surface area contributed by atoms with E-state index in [1.165, 1.54) is 0 Å². The molecule has 2 aromatic heterocycles. The molecule has 0 unspecified atom stereocenters. The van der Waals surface area contributed by atoms with Crippen LogP contribution in [0.3, 0.4) is 0 Å². The zero-order chi connectivity index (χ0) is 14.2. The summed E-state index contributed by atoms with van der Waals surface area (Å²) in [5.74, 6) is 1.63. The highest BCUT2D eigenvalue weighted by Gasteiger charge is 2.21. The Morgan fingerprint density at radius 1 is 1.19 bits per heavy atom. The minimum absolute atomic E-state index is 0.599. The van der Waals surface area contributed by atoms with Gasteiger partial charge < -0.3 is 9.47 Å². The van der Waals surface area contributed by atoms with Crippen molar-refractivity contribution in [2.45, 2.75) is 13.1 Å². The molecule has 1 aliphatic rings. The van der Waals surface area contributed by atoms with E-state index in [4.69, 9.17) is 0 Å². The van der Waals surface area contributed by atoms with Crippen LogP contribution in [-0.2, 0) is 13.1 Å². The normalized spacial score (nSPS) is 14.0. The molecule has 6 heteroatoms. The van der Waals surface area contributed by atoms with E-state index in [1.54, 1.807) is 6.33 Å². The third-order valence-corrected chi connectivity index (χ3v) is 3.76. The van der Waals surface area contributed by atoms with Crippen LogP contribution in [0.25, 0.3) is 10.9 Å². The summed E-state index contributed by atoms with van der Waals surface area (Å²) < 4.78 is 2.03. The van der Waals surface area contributed by atoms with E-state index < -0.39 is 0 Å². The summed E-state index contributed by atoms with van der Waals surface area (Å²) in [4.78, 5) is 6.77. The second kappa shape index (κ2) is 4.56. The Hall–Kier alpha value is -2.94. The molecule has 0 saturated carbocycles. The maximum Gasteiger partial charge on any atom is 0.152 e. The standard InChI is InChI=1S/C15H12N6/c16-8-12-7-11-3-1-2-4-13(11)18-15(12)20-5-6-21-10-17-19-14(21)9-20/h1-4,7,10H,5-6,9H2. The highest BCUT2D eigenvalue weighted by atomic mass is 15.3. The molecule has 0 atom stereocenters. The number of hydrogen-bond acceptors (Lipinski definition) is 5. The largest absolute Gasteiger partial charge is 0.346 e. The number of nitriles is 1. The molecule has 0 aliphatic carbocycles. The first-order chi connectivity index (χ1) is 10.3. The molecule has 0 N–H and O–H groups in total. The number of aromatic nitrogens is 4. The van der Waals surface area contributed by atoms with Gasteiger partial charge in [-0.05, 0) is 12.1 Å². The third kappa shape index (κ3) is 1.91. The van der Waals surface area contributed by atoms with Crippen molar-refractivity contribution in [3.05, 3.63) is 48.0 Å². The Balaban J connectivity index is 1.81. The van der Waals surface area contributed by atoms with E-state index in [-0.39, 0.29) is 0 Å². The summed E-state index contributed by atoms with van der Waals surface area (Å²) in [5.41, 5.74) is 1.50. The van der Waals surface area contributed by atoms with Crippen molar-refractivity contribution in [3.8, 4) is 6.07 Å². The summed E-state index contributed by atoms with van der Waals surface area (Å²) in [5, 5.41) is 18.4. The van der Waals surface area contributed by atoms with Crippen LogP contribution in [0.4, 0.5) is 5.82 Å². The molecule has 0 radical (unpaired) electrons. The van der Waals surface area contributed by atoms with Crippen LogP contribution in [0.1, 0.15) is 11.4 Å². The highest BCUT2D eigenvalue weighted by Crippen LogP contribution is 2.25. The number of pyridine rings is 1. The molecular formula is C15H12N6. The van der Waals surface area contributed by atoms with Gasteiger partial charge in [-0.25, -0.2) is 4.98 Å². The van der Waals surface area contributed by atoms with E-state index in [1.807, 2.05) is 34.9 Å². The van der Waals surface area contributed by atoms with E-state index in [0.717, 1.165) is 35.6 Å². The van der Waals surface area contributed by atoms with Gasteiger partial charge >= 0.3 is 0 Å². The van der Waals surface area contributed by atoms with Crippen LogP contribution < -0.4 is 4.90 Å². The lowest BCUT2D eigenvalue weighted by Gasteiger charge is -2.28. The van der Waals surface area contributed by atoms with Crippen LogP contribution in [0.5, 0.6) is 0 Å². The van der Waals surface area contributed by atoms with E-state index >= 15 is 0 Å². The summed E-state index contributed by atoms with van der Waals surface area (Å²) in [7, 11) is 0. The molecule has 0 bridgehead atoms. The number of fused-ring (bicyclic) bond motifs is 2. The van der Waals surface area contributed by atoms with Gasteiger partial charge in [0.05, 0.1) is 17.6 Å². The quantitative estimate of drug-likeness (QED) is 0.676. The summed E-state index contributed by atoms with van der Waals surface area (Å²) in [6.45, 7) is 2.23. The fraction of sp³-hybridized carbons (Fsp3) is 0.200. The third-order valence-electron chi connectivity index (χ3n) is 3.76. The van der Waals surface area contributed by atoms with Crippen LogP contribution in [-0.4, -0.2) is 26.3 Å². The Labute approximate surface area is 121 Å². The Morgan fingerprint density at radius 3 is 3.00 bits per heavy atom. The lowest BCUT2D eigenvalue weighted by Crippen LogP contribution is -2.34. The topological polar surface area (TPSA) is 70.6 Å². The molecule has 0 amide bonds. The van der Waals surface area contributed by atoms with Crippen molar-refractivity contribution in [1.29, 1.82) is 5.26 Å². The van der Waals surface area contributed by atoms with Gasteiger partial charge in [-0.3, -0.25) is 0 Å². The lowest BCUT2D eigenvalue weighted by atomic mass is 10.1. The SMILES string of the molecule is N#Cc1cc2ccccc2nc1N1CCn2cnnc2C1. The summed E-state index contributed by atoms with van der Waals surface area (Å²) >= 11 is 0. The highest BCUT2D eigenvalue weighted by molar-refractivity contribution is 5.83. The van der Waals surface area contributed by atoms with Crippen molar-refractivity contribution in [3.63, 3.8) is 0 Å². The average molecular weight is 276 g/mol. The van der Waals surface area contributed by atoms with Gasteiger partial charge in [-0.1, -0.05) is 18.2 Å². The van der Waals surface area contributed by atoms with Gasteiger partial charge in [0.2, 0.25) is 0 Å². The molecule has 21 heavy (non-hydrogen) atoms. The van der Waals surface area contributed by atoms with Gasteiger partial charge in [0, 0.05) is 18.5 Å². The van der Waals surface area contributed by atoms with Gasteiger partial charge in [0.15, 0.2) is 5.82 Å². The molecule has 0 fully saturated rings. The van der Waals surface area contributed by atoms with Gasteiger partial charge in [0.1, 0.15) is 18.2 Å². The van der Waals surface area contributed by atoms with Crippen molar-refractivity contribution in [2.24, 2.45) is 0 Å². The van der Waals surface area contributed by atoms with Crippen molar-refractivity contribution in [1.82, 2.24) is 19.7 Å². The predicted octanol–water partition coefficient (Wildman–Crippen LogP) is 1.72. The van der Waals surface area contributed by atoms with Gasteiger partial charge in [-0.15, -0.1) is 10.2 Å². The van der Waals surface area contributed by atoms with Crippen LogP contribution in [0, 0.1) is 11.3 Å². The second-order valence-electron chi connectivity index (χ2n) is 5.03. The minimum Gasteiger partial charge on any atom is -0.346 e. The minimum atomic E-state index is 0.599. The number of para-hydroxylation sites is 1. The fourth-order valence-electron chi connectivity index (χ4n) is 2.68. The molecule has 3 heterocycles. The predicted molar refractivity (Wildman–Crippen MR) is 77.5 cm³/mol. The fourth-order valence-corrected chi connectivity index (χ4v) is 2.68. The van der Waals surface area contributed by atoms with Crippen molar-refractivity contribution >= 4 is 16.7 Å². The average Bonchev–Trinajstić information content (AvgIpc) is 3.01. The molecular weight excluding hydrogens is 264 g/mol. The second-order valence-corrected chi connectivity index (χ2v) is 5.03. The summed E-state index contributed by atoms with van der Waals surface area (Å²) in [6, 6.07) is 12.0. The van der Waals surface area contributed by atoms with E-state index in [9.17, 15) is 5.26 Å². The van der Waals surface area contributed by atoms with Gasteiger partial charge in [0.25, 0.3) is 0 Å². The van der Waals surface area contributed by atoms with Crippen LogP contribution in [0.15, 0.2) is 36.7 Å². The number of nitrogens with zero attached hydrogens (tertiary/aromatic N) is 6. The zero-order valence-electron chi connectivity index (χ0n) is 11.3. The number of hydrogen-bond donors (Lipinski definition) is 0. The Morgan fingerprint density at radius 2 is 2.10 bits per heavy atom. The van der Waals surface area contributed by atoms with E-state index in [0.29, 0.717) is 12.1 Å². The lowest BCUT2D eigenvalue weighted by molar-refractivity contribution is 0.556. The molecule has 6 nitrogen and oxygen atoms in total. The molecule has 3 aromatic rings. The molecule has 0 spiro atoms. The molecule has 1 aromatic carbocycles. The van der Waals surface area contributed by atoms with Gasteiger partial charge in [-0.2, -0.15) is 5.26 Å².